The van der Waals surface area contributed by atoms with Gasteiger partial charge in [-0.25, -0.2) is 0 Å². The molecular weight excluding hydrogens is 283 g/mol. The van der Waals surface area contributed by atoms with Crippen molar-refractivity contribution in [2.24, 2.45) is 0 Å². The van der Waals surface area contributed by atoms with E-state index < -0.39 is 7.12 Å². The second-order valence-electron chi connectivity index (χ2n) is 6.03. The summed E-state index contributed by atoms with van der Waals surface area (Å²) in [4.78, 5) is 0. The largest absolute Gasteiger partial charge is 0.494 e. The van der Waals surface area contributed by atoms with E-state index in [-0.39, 0.29) is 12.2 Å². The maximum absolute atomic E-state index is 5.83. The first kappa shape index (κ1) is 19.2. The molecule has 2 nitrogen and oxygen atoms in total. The van der Waals surface area contributed by atoms with Crippen molar-refractivity contribution in [1.29, 1.82) is 0 Å². The number of hydrogen-bond donors (Lipinski definition) is 0. The normalized spacial score (nSPS) is 10.7. The van der Waals surface area contributed by atoms with Crippen molar-refractivity contribution in [1.82, 2.24) is 0 Å². The molecule has 0 aliphatic rings. The van der Waals surface area contributed by atoms with Gasteiger partial charge in [-0.3, -0.25) is 0 Å². The molecule has 0 unspecified atom stereocenters. The van der Waals surface area contributed by atoms with Crippen molar-refractivity contribution in [3.8, 4) is 0 Å². The fourth-order valence-electron chi connectivity index (χ4n) is 2.02. The summed E-state index contributed by atoms with van der Waals surface area (Å²) >= 11 is 0. The van der Waals surface area contributed by atoms with Crippen molar-refractivity contribution >= 4 is 12.7 Å². The Balaban J connectivity index is 2.90. The van der Waals surface area contributed by atoms with Crippen LogP contribution in [-0.2, 0) is 9.31 Å². The monoisotopic (exact) mass is 310 g/mol. The van der Waals surface area contributed by atoms with Crippen molar-refractivity contribution in [2.45, 2.75) is 39.9 Å². The Morgan fingerprint density at radius 1 is 0.826 bits per heavy atom. The Kier molecular flexibility index (Phi) is 7.27. The molecule has 0 aromatic heterocycles. The third-order valence-electron chi connectivity index (χ3n) is 3.31. The van der Waals surface area contributed by atoms with Gasteiger partial charge >= 0.3 is 7.12 Å². The van der Waals surface area contributed by atoms with Crippen LogP contribution in [0.3, 0.4) is 0 Å². The van der Waals surface area contributed by atoms with E-state index in [2.05, 4.69) is 26.3 Å². The predicted molar refractivity (Wildman–Crippen MR) is 101 cm³/mol. The van der Waals surface area contributed by atoms with Crippen LogP contribution in [0.4, 0.5) is 0 Å². The van der Waals surface area contributed by atoms with Gasteiger partial charge in [-0.1, -0.05) is 56.6 Å². The number of rotatable bonds is 9. The van der Waals surface area contributed by atoms with E-state index in [1.54, 1.807) is 0 Å². The third-order valence-corrected chi connectivity index (χ3v) is 3.31. The first-order valence-corrected chi connectivity index (χ1v) is 7.87. The summed E-state index contributed by atoms with van der Waals surface area (Å²) in [6, 6.07) is 9.90. The Bertz CT molecular complexity index is 575. The minimum absolute atomic E-state index is 0.0221. The summed E-state index contributed by atoms with van der Waals surface area (Å²) in [6.07, 6.45) is 0.0442. The molecular formula is C20H27BO2. The maximum atomic E-state index is 5.83. The van der Waals surface area contributed by atoms with Crippen LogP contribution in [-0.4, -0.2) is 19.3 Å². The Labute approximate surface area is 141 Å². The molecule has 0 atom stereocenters. The van der Waals surface area contributed by atoms with Gasteiger partial charge in [-0.15, -0.1) is 0 Å². The number of benzene rings is 1. The minimum Gasteiger partial charge on any atom is -0.405 e. The Morgan fingerprint density at radius 2 is 1.30 bits per heavy atom. The second-order valence-corrected chi connectivity index (χ2v) is 6.03. The highest BCUT2D eigenvalue weighted by atomic mass is 16.6. The molecule has 0 saturated carbocycles. The quantitative estimate of drug-likeness (QED) is 0.458. The summed E-state index contributed by atoms with van der Waals surface area (Å²) in [5.41, 5.74) is 3.95. The van der Waals surface area contributed by atoms with Crippen molar-refractivity contribution in [2.75, 3.05) is 0 Å². The van der Waals surface area contributed by atoms with Crippen molar-refractivity contribution in [3.63, 3.8) is 0 Å². The predicted octanol–water partition coefficient (Wildman–Crippen LogP) is 5.25. The molecule has 0 bridgehead atoms. The highest BCUT2D eigenvalue weighted by molar-refractivity contribution is 6.55. The molecule has 1 aromatic rings. The molecule has 0 radical (unpaired) electrons. The molecule has 23 heavy (non-hydrogen) atoms. The molecule has 0 spiro atoms. The highest BCUT2D eigenvalue weighted by Gasteiger charge is 2.28. The van der Waals surface area contributed by atoms with E-state index in [0.29, 0.717) is 11.0 Å². The molecule has 0 aliphatic heterocycles. The standard InChI is InChI=1S/C20H27BO2/c1-14(2)22-21(23-15(3)4)19(8)17(6)16(5)18(7)20-12-10-9-11-13-20/h9-15H,5-8H2,1-4H3. The van der Waals surface area contributed by atoms with Gasteiger partial charge in [0.2, 0.25) is 0 Å². The zero-order valence-electron chi connectivity index (χ0n) is 14.8. The smallest absolute Gasteiger partial charge is 0.405 e. The molecule has 122 valence electrons. The van der Waals surface area contributed by atoms with E-state index >= 15 is 0 Å². The minimum atomic E-state index is -0.539. The number of allylic oxidation sites excluding steroid dienone is 4. The van der Waals surface area contributed by atoms with Gasteiger partial charge in [0, 0.05) is 12.2 Å². The van der Waals surface area contributed by atoms with E-state index in [1.807, 2.05) is 58.0 Å². The molecule has 0 N–H and O–H groups in total. The second kappa shape index (κ2) is 8.71. The van der Waals surface area contributed by atoms with Crippen LogP contribution in [0, 0.1) is 0 Å². The summed E-state index contributed by atoms with van der Waals surface area (Å²) < 4.78 is 11.7. The molecule has 0 aliphatic carbocycles. The highest BCUT2D eigenvalue weighted by Crippen LogP contribution is 2.29. The fraction of sp³-hybridized carbons (Fsp3) is 0.300. The fourth-order valence-corrected chi connectivity index (χ4v) is 2.02. The molecule has 1 rings (SSSR count). The van der Waals surface area contributed by atoms with Crippen molar-refractivity contribution < 1.29 is 9.31 Å². The van der Waals surface area contributed by atoms with Crippen LogP contribution in [0.25, 0.3) is 5.57 Å². The van der Waals surface area contributed by atoms with E-state index in [0.717, 1.165) is 16.7 Å². The van der Waals surface area contributed by atoms with Crippen LogP contribution in [0.2, 0.25) is 0 Å². The topological polar surface area (TPSA) is 18.5 Å². The van der Waals surface area contributed by atoms with Gasteiger partial charge in [-0.05, 0) is 55.5 Å². The summed E-state index contributed by atoms with van der Waals surface area (Å²) in [6.45, 7) is 24.3. The lowest BCUT2D eigenvalue weighted by atomic mass is 9.71. The zero-order valence-corrected chi connectivity index (χ0v) is 14.8. The van der Waals surface area contributed by atoms with Crippen LogP contribution in [0.5, 0.6) is 0 Å². The zero-order chi connectivity index (χ0) is 17.6. The molecule has 0 amide bonds. The maximum Gasteiger partial charge on any atom is 0.494 e. The van der Waals surface area contributed by atoms with E-state index in [4.69, 9.17) is 9.31 Å². The van der Waals surface area contributed by atoms with Crippen molar-refractivity contribution in [3.05, 3.63) is 78.8 Å². The lowest BCUT2D eigenvalue weighted by molar-refractivity contribution is 0.136. The van der Waals surface area contributed by atoms with Crippen LogP contribution >= 0.6 is 0 Å². The first-order chi connectivity index (χ1) is 10.7. The van der Waals surface area contributed by atoms with Crippen LogP contribution in [0.15, 0.2) is 73.3 Å². The molecule has 3 heteroatoms. The van der Waals surface area contributed by atoms with Gasteiger partial charge in [0.25, 0.3) is 0 Å². The lowest BCUT2D eigenvalue weighted by Gasteiger charge is -2.23. The van der Waals surface area contributed by atoms with E-state index in [9.17, 15) is 0 Å². The van der Waals surface area contributed by atoms with Gasteiger partial charge in [0.05, 0.1) is 0 Å². The van der Waals surface area contributed by atoms with Crippen LogP contribution < -0.4 is 0 Å². The Hall–Kier alpha value is -1.84. The summed E-state index contributed by atoms with van der Waals surface area (Å²) in [7, 11) is -0.539. The average molecular weight is 310 g/mol. The van der Waals surface area contributed by atoms with Gasteiger partial charge in [0.1, 0.15) is 0 Å². The summed E-state index contributed by atoms with van der Waals surface area (Å²) in [5, 5.41) is 0. The molecule has 0 fully saturated rings. The third kappa shape index (κ3) is 5.70. The first-order valence-electron chi connectivity index (χ1n) is 7.87. The molecule has 1 aromatic carbocycles. The lowest BCUT2D eigenvalue weighted by Crippen LogP contribution is -2.32. The number of hydrogen-bond acceptors (Lipinski definition) is 2. The SMILES string of the molecule is C=C(B(OC(C)C)OC(C)C)C(=C)C(=C)C(=C)c1ccccc1. The molecule has 0 heterocycles. The van der Waals surface area contributed by atoms with Gasteiger partial charge < -0.3 is 9.31 Å². The summed E-state index contributed by atoms with van der Waals surface area (Å²) in [5.74, 6) is 0. The Morgan fingerprint density at radius 3 is 1.74 bits per heavy atom. The molecule has 0 saturated heterocycles. The van der Waals surface area contributed by atoms with Crippen LogP contribution in [0.1, 0.15) is 33.3 Å². The van der Waals surface area contributed by atoms with E-state index in [1.165, 1.54) is 0 Å². The average Bonchev–Trinajstić information content (AvgIpc) is 2.51. The van der Waals surface area contributed by atoms with Gasteiger partial charge in [0.15, 0.2) is 0 Å². The van der Waals surface area contributed by atoms with Gasteiger partial charge in [-0.2, -0.15) is 0 Å².